The van der Waals surface area contributed by atoms with E-state index in [1.807, 2.05) is 0 Å². The first-order valence-electron chi connectivity index (χ1n) is 4.24. The Balaban J connectivity index is 3.24. The summed E-state index contributed by atoms with van der Waals surface area (Å²) < 4.78 is 30.9. The van der Waals surface area contributed by atoms with Gasteiger partial charge in [-0.3, -0.25) is 0 Å². The van der Waals surface area contributed by atoms with Gasteiger partial charge < -0.3 is 9.84 Å². The molecule has 0 spiro atoms. The summed E-state index contributed by atoms with van der Waals surface area (Å²) in [7, 11) is 1.34. The van der Waals surface area contributed by atoms with Crippen LogP contribution in [0.15, 0.2) is 12.1 Å². The maximum Gasteiger partial charge on any atom is 0.133 e. The molecule has 0 heterocycles. The van der Waals surface area contributed by atoms with Crippen molar-refractivity contribution in [2.24, 2.45) is 0 Å². The zero-order chi connectivity index (χ0) is 10.7. The summed E-state index contributed by atoms with van der Waals surface area (Å²) in [6, 6.07) is 1.88. The van der Waals surface area contributed by atoms with E-state index in [2.05, 4.69) is 0 Å². The highest BCUT2D eigenvalue weighted by atomic mass is 19.1. The quantitative estimate of drug-likeness (QED) is 0.813. The van der Waals surface area contributed by atoms with E-state index in [0.717, 1.165) is 12.1 Å². The second-order valence-electron chi connectivity index (χ2n) is 3.09. The molecule has 2 nitrogen and oxygen atoms in total. The first-order chi connectivity index (χ1) is 6.60. The van der Waals surface area contributed by atoms with E-state index in [9.17, 15) is 8.78 Å². The Morgan fingerprint density at radius 1 is 1.43 bits per heavy atom. The maximum absolute atomic E-state index is 13.3. The van der Waals surface area contributed by atoms with Crippen LogP contribution in [-0.2, 0) is 0 Å². The van der Waals surface area contributed by atoms with E-state index >= 15 is 0 Å². The number of ether oxygens (including phenoxy) is 1. The maximum atomic E-state index is 13.3. The highest BCUT2D eigenvalue weighted by Gasteiger charge is 2.17. The van der Waals surface area contributed by atoms with E-state index in [1.54, 1.807) is 6.92 Å². The summed E-state index contributed by atoms with van der Waals surface area (Å²) in [6.45, 7) is 1.43. The van der Waals surface area contributed by atoms with Crippen LogP contribution in [0.4, 0.5) is 8.78 Å². The van der Waals surface area contributed by atoms with Gasteiger partial charge in [-0.05, 0) is 0 Å². The largest absolute Gasteiger partial charge is 0.496 e. The smallest absolute Gasteiger partial charge is 0.133 e. The van der Waals surface area contributed by atoms with Gasteiger partial charge in [0.05, 0.1) is 7.11 Å². The predicted octanol–water partition coefficient (Wildman–Crippen LogP) is 2.07. The van der Waals surface area contributed by atoms with Crippen molar-refractivity contribution in [1.82, 2.24) is 0 Å². The Hall–Kier alpha value is -1.16. The third-order valence-corrected chi connectivity index (χ3v) is 2.04. The Morgan fingerprint density at radius 2 is 2.07 bits per heavy atom. The molecule has 1 aromatic rings. The molecule has 1 N–H and O–H groups in total. The lowest BCUT2D eigenvalue weighted by Crippen LogP contribution is -2.05. The van der Waals surface area contributed by atoms with Crippen molar-refractivity contribution in [2.45, 2.75) is 12.8 Å². The summed E-state index contributed by atoms with van der Waals surface area (Å²) >= 11 is 0. The highest BCUT2D eigenvalue weighted by molar-refractivity contribution is 5.37. The van der Waals surface area contributed by atoms with Crippen LogP contribution in [0.25, 0.3) is 0 Å². The van der Waals surface area contributed by atoms with E-state index in [4.69, 9.17) is 9.84 Å². The van der Waals surface area contributed by atoms with Gasteiger partial charge in [-0.15, -0.1) is 0 Å². The molecule has 1 unspecified atom stereocenters. The van der Waals surface area contributed by atoms with Gasteiger partial charge in [-0.25, -0.2) is 8.78 Å². The summed E-state index contributed by atoms with van der Waals surface area (Å²) in [4.78, 5) is 0. The van der Waals surface area contributed by atoms with Crippen LogP contribution >= 0.6 is 0 Å². The van der Waals surface area contributed by atoms with Crippen LogP contribution in [0.3, 0.4) is 0 Å². The fraction of sp³-hybridized carbons (Fsp3) is 0.400. The minimum atomic E-state index is -0.691. The molecule has 0 radical (unpaired) electrons. The molecule has 0 saturated heterocycles. The minimum Gasteiger partial charge on any atom is -0.496 e. The molecule has 78 valence electrons. The number of halogens is 2. The number of aliphatic hydroxyl groups excluding tert-OH is 1. The van der Waals surface area contributed by atoms with Gasteiger partial charge in [0.25, 0.3) is 0 Å². The molecule has 0 aromatic heterocycles. The first kappa shape index (κ1) is 10.9. The first-order valence-corrected chi connectivity index (χ1v) is 4.24. The summed E-state index contributed by atoms with van der Waals surface area (Å²) in [5.74, 6) is -1.66. The minimum absolute atomic E-state index is 0.129. The lowest BCUT2D eigenvalue weighted by molar-refractivity contribution is 0.266. The third-order valence-electron chi connectivity index (χ3n) is 2.04. The van der Waals surface area contributed by atoms with E-state index in [0.29, 0.717) is 0 Å². The predicted molar refractivity (Wildman–Crippen MR) is 48.4 cm³/mol. The van der Waals surface area contributed by atoms with Crippen molar-refractivity contribution >= 4 is 0 Å². The molecule has 1 atom stereocenters. The molecule has 0 aliphatic carbocycles. The summed E-state index contributed by atoms with van der Waals surface area (Å²) in [5, 5.41) is 8.89. The zero-order valence-corrected chi connectivity index (χ0v) is 8.05. The fourth-order valence-corrected chi connectivity index (χ4v) is 1.30. The van der Waals surface area contributed by atoms with E-state index in [-0.39, 0.29) is 17.9 Å². The van der Waals surface area contributed by atoms with Crippen LogP contribution in [0, 0.1) is 11.6 Å². The number of benzene rings is 1. The molecular formula is C10H12F2O2. The second kappa shape index (κ2) is 4.37. The van der Waals surface area contributed by atoms with Gasteiger partial charge in [0.1, 0.15) is 17.4 Å². The normalized spacial score (nSPS) is 12.6. The van der Waals surface area contributed by atoms with E-state index in [1.165, 1.54) is 7.11 Å². The van der Waals surface area contributed by atoms with Crippen molar-refractivity contribution in [3.63, 3.8) is 0 Å². The molecular weight excluding hydrogens is 190 g/mol. The van der Waals surface area contributed by atoms with Crippen LogP contribution in [0.1, 0.15) is 18.4 Å². The molecule has 0 aliphatic heterocycles. The fourth-order valence-electron chi connectivity index (χ4n) is 1.30. The Kier molecular flexibility index (Phi) is 3.41. The van der Waals surface area contributed by atoms with Gasteiger partial charge in [-0.2, -0.15) is 0 Å². The summed E-state index contributed by atoms with van der Waals surface area (Å²) in [5.41, 5.74) is 0.205. The molecule has 0 aliphatic rings. The van der Waals surface area contributed by atoms with Crippen LogP contribution in [0.2, 0.25) is 0 Å². The number of hydrogen-bond donors (Lipinski definition) is 1. The average Bonchev–Trinajstić information content (AvgIpc) is 2.15. The number of aliphatic hydroxyl groups is 1. The number of hydrogen-bond acceptors (Lipinski definition) is 2. The van der Waals surface area contributed by atoms with Crippen molar-refractivity contribution in [1.29, 1.82) is 0 Å². The van der Waals surface area contributed by atoms with Gasteiger partial charge in [0.15, 0.2) is 0 Å². The van der Waals surface area contributed by atoms with Gasteiger partial charge in [0, 0.05) is 30.2 Å². The zero-order valence-electron chi connectivity index (χ0n) is 8.05. The average molecular weight is 202 g/mol. The van der Waals surface area contributed by atoms with Crippen molar-refractivity contribution in [3.8, 4) is 5.75 Å². The topological polar surface area (TPSA) is 29.5 Å². The lowest BCUT2D eigenvalue weighted by Gasteiger charge is -2.14. The van der Waals surface area contributed by atoms with Crippen LogP contribution in [-0.4, -0.2) is 18.8 Å². The number of rotatable bonds is 3. The van der Waals surface area contributed by atoms with Crippen LogP contribution in [0.5, 0.6) is 5.75 Å². The Labute approximate surface area is 81.1 Å². The third kappa shape index (κ3) is 2.01. The highest BCUT2D eigenvalue weighted by Crippen LogP contribution is 2.29. The molecule has 0 bridgehead atoms. The van der Waals surface area contributed by atoms with Gasteiger partial charge in [-0.1, -0.05) is 6.92 Å². The summed E-state index contributed by atoms with van der Waals surface area (Å²) in [6.07, 6.45) is 0. The molecule has 0 saturated carbocycles. The van der Waals surface area contributed by atoms with Crippen molar-refractivity contribution in [2.75, 3.05) is 13.7 Å². The SMILES string of the molecule is COc1cc(F)cc(F)c1C(C)CO. The van der Waals surface area contributed by atoms with Gasteiger partial charge >= 0.3 is 0 Å². The molecule has 1 aromatic carbocycles. The molecule has 0 fully saturated rings. The monoisotopic (exact) mass is 202 g/mol. The lowest BCUT2D eigenvalue weighted by atomic mass is 10.0. The van der Waals surface area contributed by atoms with E-state index < -0.39 is 17.6 Å². The molecule has 4 heteroatoms. The number of methoxy groups -OCH3 is 1. The molecule has 0 amide bonds. The Bertz CT molecular complexity index is 326. The Morgan fingerprint density at radius 3 is 2.57 bits per heavy atom. The molecule has 1 rings (SSSR count). The van der Waals surface area contributed by atoms with Crippen molar-refractivity contribution < 1.29 is 18.6 Å². The second-order valence-corrected chi connectivity index (χ2v) is 3.09. The van der Waals surface area contributed by atoms with Crippen LogP contribution < -0.4 is 4.74 Å². The van der Waals surface area contributed by atoms with Gasteiger partial charge in [0.2, 0.25) is 0 Å². The molecule has 14 heavy (non-hydrogen) atoms. The standard InChI is InChI=1S/C10H12F2O2/c1-6(5-13)10-8(12)3-7(11)4-9(10)14-2/h3-4,6,13H,5H2,1-2H3. The van der Waals surface area contributed by atoms with Crippen molar-refractivity contribution in [3.05, 3.63) is 29.3 Å².